The molecular weight excluding hydrogens is 424 g/mol. The van der Waals surface area contributed by atoms with Gasteiger partial charge in [-0.25, -0.2) is 4.79 Å². The molecule has 0 unspecified atom stereocenters. The van der Waals surface area contributed by atoms with E-state index in [0.717, 1.165) is 11.1 Å². The van der Waals surface area contributed by atoms with E-state index in [1.165, 1.54) is 4.90 Å². The average molecular weight is 450 g/mol. The van der Waals surface area contributed by atoms with Crippen molar-refractivity contribution in [3.05, 3.63) is 65.6 Å². The van der Waals surface area contributed by atoms with Crippen LogP contribution in [0, 0.1) is 5.92 Å². The number of carbonyl (C=O) groups is 3. The summed E-state index contributed by atoms with van der Waals surface area (Å²) in [6, 6.07) is 10.6. The average Bonchev–Trinajstić information content (AvgIpc) is 3.13. The molecule has 2 aliphatic rings. The van der Waals surface area contributed by atoms with Crippen LogP contribution in [0.2, 0.25) is 0 Å². The van der Waals surface area contributed by atoms with Gasteiger partial charge in [0.25, 0.3) is 0 Å². The zero-order valence-corrected chi connectivity index (χ0v) is 18.2. The third-order valence-electron chi connectivity index (χ3n) is 6.03. The van der Waals surface area contributed by atoms with Crippen LogP contribution in [0.4, 0.5) is 5.69 Å². The number of hydrogen-bond acceptors (Lipinski definition) is 6. The third-order valence-corrected chi connectivity index (χ3v) is 6.03. The lowest BCUT2D eigenvalue weighted by Gasteiger charge is -2.44. The molecule has 1 aromatic heterocycles. The Morgan fingerprint density at radius 3 is 2.70 bits per heavy atom. The number of carboxylic acid groups (broad SMARTS) is 1. The van der Waals surface area contributed by atoms with Crippen LogP contribution in [0.1, 0.15) is 30.9 Å². The highest BCUT2D eigenvalue weighted by Gasteiger charge is 2.56. The molecule has 2 aromatic rings. The lowest BCUT2D eigenvalue weighted by molar-refractivity contribution is -0.161. The van der Waals surface area contributed by atoms with Crippen molar-refractivity contribution < 1.29 is 24.6 Å². The first-order chi connectivity index (χ1) is 15.9. The number of pyridine rings is 1. The molecule has 0 bridgehead atoms. The van der Waals surface area contributed by atoms with Crippen molar-refractivity contribution in [2.24, 2.45) is 5.92 Å². The van der Waals surface area contributed by atoms with Crippen LogP contribution in [0.3, 0.4) is 0 Å². The van der Waals surface area contributed by atoms with Crippen molar-refractivity contribution in [2.75, 3.05) is 11.9 Å². The largest absolute Gasteiger partial charge is 0.477 e. The van der Waals surface area contributed by atoms with Gasteiger partial charge < -0.3 is 25.7 Å². The summed E-state index contributed by atoms with van der Waals surface area (Å²) < 4.78 is 0. The maximum absolute atomic E-state index is 12.4. The van der Waals surface area contributed by atoms with Gasteiger partial charge in [0, 0.05) is 37.6 Å². The van der Waals surface area contributed by atoms with E-state index in [9.17, 15) is 24.6 Å². The molecule has 3 heterocycles. The van der Waals surface area contributed by atoms with E-state index in [1.54, 1.807) is 31.5 Å². The summed E-state index contributed by atoms with van der Waals surface area (Å²) in [4.78, 5) is 41.6. The molecule has 2 aliphatic heterocycles. The van der Waals surface area contributed by atoms with Gasteiger partial charge in [-0.15, -0.1) is 0 Å². The smallest absolute Gasteiger partial charge is 0.352 e. The zero-order chi connectivity index (χ0) is 23.5. The fourth-order valence-corrected chi connectivity index (χ4v) is 4.49. The first-order valence-corrected chi connectivity index (χ1v) is 10.8. The first kappa shape index (κ1) is 22.6. The molecule has 1 saturated heterocycles. The number of rotatable bonds is 9. The van der Waals surface area contributed by atoms with Crippen molar-refractivity contribution in [1.29, 1.82) is 0 Å². The number of fused-ring (bicyclic) bond motifs is 1. The van der Waals surface area contributed by atoms with Crippen LogP contribution in [0.25, 0.3) is 5.57 Å². The molecule has 4 rings (SSSR count). The second kappa shape index (κ2) is 9.51. The number of amides is 2. The van der Waals surface area contributed by atoms with Crippen LogP contribution in [-0.2, 0) is 20.9 Å². The summed E-state index contributed by atoms with van der Waals surface area (Å²) in [5.74, 6) is -2.16. The lowest BCUT2D eigenvalue weighted by Crippen LogP contribution is -2.61. The minimum Gasteiger partial charge on any atom is -0.477 e. The maximum atomic E-state index is 12.4. The Morgan fingerprint density at radius 2 is 2.00 bits per heavy atom. The SMILES string of the molecule is C[C@@H](O)[C@H]1C(=O)N2C(C(=O)O)=C(c3cccc(CNCCC(=O)Nc4ccncc4)c3)C[C@H]12. The molecule has 1 aromatic carbocycles. The van der Waals surface area contributed by atoms with E-state index in [1.807, 2.05) is 24.3 Å². The molecule has 3 atom stereocenters. The van der Waals surface area contributed by atoms with Gasteiger partial charge in [0.2, 0.25) is 11.8 Å². The van der Waals surface area contributed by atoms with Crippen molar-refractivity contribution in [3.8, 4) is 0 Å². The van der Waals surface area contributed by atoms with Crippen LogP contribution < -0.4 is 10.6 Å². The third kappa shape index (κ3) is 4.64. The van der Waals surface area contributed by atoms with E-state index in [2.05, 4.69) is 15.6 Å². The molecule has 1 fully saturated rings. The van der Waals surface area contributed by atoms with Crippen LogP contribution in [0.5, 0.6) is 0 Å². The molecule has 172 valence electrons. The minimum atomic E-state index is -1.14. The number of carbonyl (C=O) groups excluding carboxylic acids is 2. The number of carboxylic acids is 1. The summed E-state index contributed by atoms with van der Waals surface area (Å²) in [5.41, 5.74) is 2.98. The maximum Gasteiger partial charge on any atom is 0.352 e. The lowest BCUT2D eigenvalue weighted by atomic mass is 9.82. The Hall–Kier alpha value is -3.56. The molecule has 33 heavy (non-hydrogen) atoms. The quantitative estimate of drug-likeness (QED) is 0.337. The van der Waals surface area contributed by atoms with Crippen molar-refractivity contribution in [2.45, 2.75) is 38.5 Å². The van der Waals surface area contributed by atoms with Gasteiger partial charge in [0.1, 0.15) is 5.70 Å². The molecule has 9 heteroatoms. The normalized spacial score (nSPS) is 20.3. The monoisotopic (exact) mass is 450 g/mol. The number of nitrogens with zero attached hydrogens (tertiary/aromatic N) is 2. The van der Waals surface area contributed by atoms with Gasteiger partial charge in [0.05, 0.1) is 18.1 Å². The number of aliphatic carboxylic acids is 1. The van der Waals surface area contributed by atoms with Crippen LogP contribution in [0.15, 0.2) is 54.5 Å². The number of aliphatic hydroxyl groups is 1. The van der Waals surface area contributed by atoms with Crippen LogP contribution >= 0.6 is 0 Å². The highest BCUT2D eigenvalue weighted by molar-refractivity contribution is 6.06. The summed E-state index contributed by atoms with van der Waals surface area (Å²) in [6.07, 6.45) is 3.10. The molecule has 2 amide bonds. The number of anilines is 1. The molecular formula is C24H26N4O5. The summed E-state index contributed by atoms with van der Waals surface area (Å²) >= 11 is 0. The predicted molar refractivity (Wildman–Crippen MR) is 121 cm³/mol. The fourth-order valence-electron chi connectivity index (χ4n) is 4.49. The molecule has 9 nitrogen and oxygen atoms in total. The Bertz CT molecular complexity index is 1100. The van der Waals surface area contributed by atoms with Gasteiger partial charge >= 0.3 is 5.97 Å². The second-order valence-corrected chi connectivity index (χ2v) is 8.29. The van der Waals surface area contributed by atoms with Gasteiger partial charge in [-0.05, 0) is 42.2 Å². The van der Waals surface area contributed by atoms with Gasteiger partial charge in [-0.1, -0.05) is 24.3 Å². The Kier molecular flexibility index (Phi) is 6.52. The summed E-state index contributed by atoms with van der Waals surface area (Å²) in [6.45, 7) is 2.54. The molecule has 0 saturated carbocycles. The van der Waals surface area contributed by atoms with Crippen LogP contribution in [-0.4, -0.2) is 56.6 Å². The molecule has 0 aliphatic carbocycles. The summed E-state index contributed by atoms with van der Waals surface area (Å²) in [5, 5.41) is 25.7. The zero-order valence-electron chi connectivity index (χ0n) is 18.2. The highest BCUT2D eigenvalue weighted by atomic mass is 16.4. The van der Waals surface area contributed by atoms with Gasteiger partial charge in [-0.3, -0.25) is 14.6 Å². The Labute approximate surface area is 191 Å². The van der Waals surface area contributed by atoms with Gasteiger partial charge in [0.15, 0.2) is 0 Å². The summed E-state index contributed by atoms with van der Waals surface area (Å²) in [7, 11) is 0. The number of aromatic nitrogens is 1. The number of benzene rings is 1. The topological polar surface area (TPSA) is 132 Å². The van der Waals surface area contributed by atoms with E-state index < -0.39 is 18.0 Å². The van der Waals surface area contributed by atoms with Crippen molar-refractivity contribution >= 4 is 29.0 Å². The fraction of sp³-hybridized carbons (Fsp3) is 0.333. The van der Waals surface area contributed by atoms with E-state index in [-0.39, 0.29) is 23.6 Å². The number of hydrogen-bond donors (Lipinski definition) is 4. The van der Waals surface area contributed by atoms with E-state index >= 15 is 0 Å². The van der Waals surface area contributed by atoms with E-state index in [0.29, 0.717) is 37.2 Å². The number of β-lactam (4-membered cyclic amide) rings is 1. The second-order valence-electron chi connectivity index (χ2n) is 8.29. The first-order valence-electron chi connectivity index (χ1n) is 10.8. The standard InChI is InChI=1S/C24H26N4O5/c1-14(29)21-19-12-18(22(24(32)33)28(19)23(21)31)16-4-2-3-15(11-16)13-26-10-7-20(30)27-17-5-8-25-9-6-17/h2-6,8-9,11,14,19,21,26,29H,7,10,12-13H2,1H3,(H,32,33)(H,25,27,30)/t14-,19-,21-/m1/s1. The minimum absolute atomic E-state index is 0.000192. The molecule has 0 radical (unpaired) electrons. The molecule has 4 N–H and O–H groups in total. The van der Waals surface area contributed by atoms with Crippen molar-refractivity contribution in [1.82, 2.24) is 15.2 Å². The number of nitrogens with one attached hydrogen (secondary N) is 2. The Morgan fingerprint density at radius 1 is 1.24 bits per heavy atom. The van der Waals surface area contributed by atoms with E-state index in [4.69, 9.17) is 0 Å². The Balaban J connectivity index is 1.37. The highest BCUT2D eigenvalue weighted by Crippen LogP contribution is 2.46. The predicted octanol–water partition coefficient (Wildman–Crippen LogP) is 1.61. The molecule has 0 spiro atoms. The number of aliphatic hydroxyl groups excluding tert-OH is 1. The van der Waals surface area contributed by atoms with Crippen molar-refractivity contribution in [3.63, 3.8) is 0 Å². The van der Waals surface area contributed by atoms with Gasteiger partial charge in [-0.2, -0.15) is 0 Å².